The van der Waals surface area contributed by atoms with Gasteiger partial charge >= 0.3 is 0 Å². The van der Waals surface area contributed by atoms with Gasteiger partial charge in [-0.05, 0) is 30.8 Å². The van der Waals surface area contributed by atoms with E-state index in [1.165, 1.54) is 6.07 Å². The zero-order valence-electron chi connectivity index (χ0n) is 11.3. The Morgan fingerprint density at radius 1 is 1.20 bits per heavy atom. The molecular weight excluding hydrogens is 277 g/mol. The highest BCUT2D eigenvalue weighted by Gasteiger charge is 2.15. The Morgan fingerprint density at radius 3 is 2.70 bits per heavy atom. The molecule has 0 heterocycles. The van der Waals surface area contributed by atoms with Crippen LogP contribution in [0.4, 0.5) is 4.39 Å². The highest BCUT2D eigenvalue weighted by atomic mass is 35.5. The fourth-order valence-corrected chi connectivity index (χ4v) is 2.18. The van der Waals surface area contributed by atoms with Gasteiger partial charge in [0.2, 0.25) is 0 Å². The quantitative estimate of drug-likeness (QED) is 0.861. The van der Waals surface area contributed by atoms with Gasteiger partial charge < -0.3 is 10.1 Å². The first-order chi connectivity index (χ1) is 9.70. The van der Waals surface area contributed by atoms with Gasteiger partial charge in [-0.25, -0.2) is 4.39 Å². The van der Waals surface area contributed by atoms with Crippen molar-refractivity contribution in [2.24, 2.45) is 0 Å². The number of ether oxygens (including phenoxy) is 1. The minimum atomic E-state index is -0.229. The zero-order chi connectivity index (χ0) is 14.4. The first-order valence-electron chi connectivity index (χ1n) is 6.57. The van der Waals surface area contributed by atoms with Crippen molar-refractivity contribution in [3.8, 4) is 5.75 Å². The second-order valence-electron chi connectivity index (χ2n) is 4.40. The lowest BCUT2D eigenvalue weighted by Gasteiger charge is -2.19. The molecule has 0 spiro atoms. The Balaban J connectivity index is 2.08. The minimum Gasteiger partial charge on any atom is -0.492 e. The summed E-state index contributed by atoms with van der Waals surface area (Å²) in [7, 11) is 0. The van der Waals surface area contributed by atoms with Crippen LogP contribution in [0.2, 0.25) is 5.02 Å². The monoisotopic (exact) mass is 293 g/mol. The molecule has 106 valence electrons. The highest BCUT2D eigenvalue weighted by Crippen LogP contribution is 2.21. The first-order valence-corrected chi connectivity index (χ1v) is 6.94. The van der Waals surface area contributed by atoms with Crippen LogP contribution in [-0.2, 0) is 0 Å². The Hall–Kier alpha value is -1.58. The van der Waals surface area contributed by atoms with Gasteiger partial charge in [0, 0.05) is 10.6 Å². The van der Waals surface area contributed by atoms with Crippen molar-refractivity contribution in [3.63, 3.8) is 0 Å². The average molecular weight is 294 g/mol. The van der Waals surface area contributed by atoms with Crippen molar-refractivity contribution >= 4 is 11.6 Å². The standard InChI is InChI=1S/C16H17ClFNO/c1-2-19-16(14-8-3-4-9-15(14)18)11-20-13-7-5-6-12(17)10-13/h3-10,16,19H,2,11H2,1H3. The fraction of sp³-hybridized carbons (Fsp3) is 0.250. The predicted molar refractivity (Wildman–Crippen MR) is 79.8 cm³/mol. The van der Waals surface area contributed by atoms with E-state index in [9.17, 15) is 4.39 Å². The molecule has 0 aliphatic carbocycles. The second kappa shape index (κ2) is 7.27. The van der Waals surface area contributed by atoms with Crippen LogP contribution in [0.1, 0.15) is 18.5 Å². The second-order valence-corrected chi connectivity index (χ2v) is 4.84. The lowest BCUT2D eigenvalue weighted by molar-refractivity contribution is 0.265. The van der Waals surface area contributed by atoms with Gasteiger partial charge in [-0.15, -0.1) is 0 Å². The predicted octanol–water partition coefficient (Wildman–Crippen LogP) is 4.21. The van der Waals surface area contributed by atoms with E-state index < -0.39 is 0 Å². The fourth-order valence-electron chi connectivity index (χ4n) is 2.00. The third-order valence-electron chi connectivity index (χ3n) is 2.94. The van der Waals surface area contributed by atoms with Gasteiger partial charge in [0.1, 0.15) is 18.2 Å². The van der Waals surface area contributed by atoms with Crippen LogP contribution in [-0.4, -0.2) is 13.2 Å². The molecule has 0 radical (unpaired) electrons. The van der Waals surface area contributed by atoms with Crippen LogP contribution in [0.25, 0.3) is 0 Å². The summed E-state index contributed by atoms with van der Waals surface area (Å²) >= 11 is 5.91. The smallest absolute Gasteiger partial charge is 0.128 e. The highest BCUT2D eigenvalue weighted by molar-refractivity contribution is 6.30. The summed E-state index contributed by atoms with van der Waals surface area (Å²) in [6, 6.07) is 13.7. The molecule has 1 atom stereocenters. The van der Waals surface area contributed by atoms with Crippen molar-refractivity contribution in [2.75, 3.05) is 13.2 Å². The van der Waals surface area contributed by atoms with Crippen molar-refractivity contribution in [1.29, 1.82) is 0 Å². The van der Waals surface area contributed by atoms with E-state index in [4.69, 9.17) is 16.3 Å². The van der Waals surface area contributed by atoms with E-state index in [-0.39, 0.29) is 11.9 Å². The van der Waals surface area contributed by atoms with E-state index in [2.05, 4.69) is 5.32 Å². The number of hydrogen-bond acceptors (Lipinski definition) is 2. The molecule has 1 unspecified atom stereocenters. The molecule has 0 aliphatic rings. The number of halogens is 2. The summed E-state index contributed by atoms with van der Waals surface area (Å²) in [5.74, 6) is 0.449. The average Bonchev–Trinajstić information content (AvgIpc) is 2.44. The van der Waals surface area contributed by atoms with E-state index in [0.717, 1.165) is 6.54 Å². The summed E-state index contributed by atoms with van der Waals surface area (Å²) in [6.45, 7) is 3.06. The summed E-state index contributed by atoms with van der Waals surface area (Å²) in [5, 5.41) is 3.85. The van der Waals surface area contributed by atoms with Gasteiger partial charge in [-0.1, -0.05) is 42.8 Å². The molecule has 0 saturated heterocycles. The molecule has 4 heteroatoms. The molecule has 0 fully saturated rings. The van der Waals surface area contributed by atoms with Gasteiger partial charge in [-0.3, -0.25) is 0 Å². The maximum Gasteiger partial charge on any atom is 0.128 e. The summed E-state index contributed by atoms with van der Waals surface area (Å²) in [5.41, 5.74) is 0.608. The van der Waals surface area contributed by atoms with E-state index in [0.29, 0.717) is 22.9 Å². The molecular formula is C16H17ClFNO. The topological polar surface area (TPSA) is 21.3 Å². The van der Waals surface area contributed by atoms with Crippen LogP contribution >= 0.6 is 11.6 Å². The molecule has 0 amide bonds. The molecule has 2 aromatic rings. The molecule has 0 aromatic heterocycles. The lowest BCUT2D eigenvalue weighted by atomic mass is 10.1. The third-order valence-corrected chi connectivity index (χ3v) is 3.18. The largest absolute Gasteiger partial charge is 0.492 e. The van der Waals surface area contributed by atoms with E-state index in [1.807, 2.05) is 25.1 Å². The lowest BCUT2D eigenvalue weighted by Crippen LogP contribution is -2.27. The molecule has 2 aromatic carbocycles. The van der Waals surface area contributed by atoms with Gasteiger partial charge in [0.15, 0.2) is 0 Å². The summed E-state index contributed by atoms with van der Waals surface area (Å²) < 4.78 is 19.5. The molecule has 0 saturated carbocycles. The number of hydrogen-bond donors (Lipinski definition) is 1. The Morgan fingerprint density at radius 2 is 2.00 bits per heavy atom. The number of rotatable bonds is 6. The van der Waals surface area contributed by atoms with Crippen molar-refractivity contribution in [2.45, 2.75) is 13.0 Å². The SMILES string of the molecule is CCNC(COc1cccc(Cl)c1)c1ccccc1F. The van der Waals surface area contributed by atoms with Crippen LogP contribution in [0.15, 0.2) is 48.5 Å². The minimum absolute atomic E-state index is 0.194. The first kappa shape index (κ1) is 14.8. The molecule has 2 nitrogen and oxygen atoms in total. The number of nitrogens with one attached hydrogen (secondary N) is 1. The Labute approximate surface area is 123 Å². The van der Waals surface area contributed by atoms with E-state index in [1.54, 1.807) is 24.3 Å². The normalized spacial score (nSPS) is 12.2. The van der Waals surface area contributed by atoms with Crippen LogP contribution in [0, 0.1) is 5.82 Å². The third kappa shape index (κ3) is 3.95. The zero-order valence-corrected chi connectivity index (χ0v) is 12.0. The molecule has 0 bridgehead atoms. The Bertz CT molecular complexity index is 562. The maximum atomic E-state index is 13.8. The van der Waals surface area contributed by atoms with Crippen LogP contribution in [0.3, 0.4) is 0 Å². The Kier molecular flexibility index (Phi) is 5.39. The molecule has 20 heavy (non-hydrogen) atoms. The van der Waals surface area contributed by atoms with Crippen LogP contribution in [0.5, 0.6) is 5.75 Å². The summed E-state index contributed by atoms with van der Waals surface area (Å²) in [6.07, 6.45) is 0. The van der Waals surface area contributed by atoms with Crippen molar-refractivity contribution < 1.29 is 9.13 Å². The van der Waals surface area contributed by atoms with Gasteiger partial charge in [0.25, 0.3) is 0 Å². The van der Waals surface area contributed by atoms with Crippen LogP contribution < -0.4 is 10.1 Å². The van der Waals surface area contributed by atoms with E-state index >= 15 is 0 Å². The van der Waals surface area contributed by atoms with Gasteiger partial charge in [-0.2, -0.15) is 0 Å². The number of benzene rings is 2. The van der Waals surface area contributed by atoms with Crippen molar-refractivity contribution in [1.82, 2.24) is 5.32 Å². The summed E-state index contributed by atoms with van der Waals surface area (Å²) in [4.78, 5) is 0. The molecule has 2 rings (SSSR count). The van der Waals surface area contributed by atoms with Gasteiger partial charge in [0.05, 0.1) is 6.04 Å². The number of likely N-dealkylation sites (N-methyl/N-ethyl adjacent to an activating group) is 1. The molecule has 0 aliphatic heterocycles. The molecule has 1 N–H and O–H groups in total. The van der Waals surface area contributed by atoms with Crippen molar-refractivity contribution in [3.05, 3.63) is 64.9 Å². The maximum absolute atomic E-state index is 13.8.